The van der Waals surface area contributed by atoms with Crippen molar-refractivity contribution in [3.8, 4) is 23.8 Å². The summed E-state index contributed by atoms with van der Waals surface area (Å²) >= 11 is 3.41. The van der Waals surface area contributed by atoms with Gasteiger partial charge in [-0.15, -0.1) is 6.42 Å². The Bertz CT molecular complexity index is 433. The summed E-state index contributed by atoms with van der Waals surface area (Å²) in [6.07, 6.45) is 8.20. The van der Waals surface area contributed by atoms with Gasteiger partial charge in [0.2, 0.25) is 0 Å². The van der Waals surface area contributed by atoms with Gasteiger partial charge in [0.15, 0.2) is 6.29 Å². The Labute approximate surface area is 116 Å². The highest BCUT2D eigenvalue weighted by atomic mass is 79.9. The Morgan fingerprint density at radius 3 is 3.06 bits per heavy atom. The van der Waals surface area contributed by atoms with E-state index in [2.05, 4.69) is 21.9 Å². The smallest absolute Gasteiger partial charge is 0.199 e. The van der Waals surface area contributed by atoms with E-state index in [1.165, 1.54) is 0 Å². The second-order valence-corrected chi connectivity index (χ2v) is 4.85. The third kappa shape index (κ3) is 3.66. The molecule has 96 valence electrons. The van der Waals surface area contributed by atoms with Crippen molar-refractivity contribution >= 4 is 15.9 Å². The van der Waals surface area contributed by atoms with Crippen molar-refractivity contribution in [3.63, 3.8) is 0 Å². The van der Waals surface area contributed by atoms with Crippen LogP contribution in [-0.2, 0) is 4.74 Å². The Balaban J connectivity index is 2.01. The molecule has 1 aromatic carbocycles. The highest BCUT2D eigenvalue weighted by molar-refractivity contribution is 9.10. The summed E-state index contributed by atoms with van der Waals surface area (Å²) in [5.74, 6) is 3.85. The molecule has 1 saturated heterocycles. The van der Waals surface area contributed by atoms with E-state index >= 15 is 0 Å². The van der Waals surface area contributed by atoms with Gasteiger partial charge in [0.05, 0.1) is 11.1 Å². The third-order valence-corrected chi connectivity index (χ3v) is 3.27. The zero-order chi connectivity index (χ0) is 12.8. The maximum Gasteiger partial charge on any atom is 0.199 e. The zero-order valence-corrected chi connectivity index (χ0v) is 11.6. The largest absolute Gasteiger partial charge is 0.480 e. The summed E-state index contributed by atoms with van der Waals surface area (Å²) in [6.45, 7) is 1.00. The normalized spacial score (nSPS) is 19.0. The second-order valence-electron chi connectivity index (χ2n) is 4.00. The van der Waals surface area contributed by atoms with Crippen LogP contribution in [0.1, 0.15) is 19.3 Å². The van der Waals surface area contributed by atoms with Crippen LogP contribution in [0.5, 0.6) is 11.5 Å². The molecule has 0 aromatic heterocycles. The van der Waals surface area contributed by atoms with Crippen molar-refractivity contribution in [1.29, 1.82) is 0 Å². The first kappa shape index (κ1) is 13.3. The van der Waals surface area contributed by atoms with Gasteiger partial charge in [-0.2, -0.15) is 0 Å². The molecule has 1 aliphatic heterocycles. The standard InChI is InChI=1S/C14H15BrO3/c1-2-8-16-13-10-11(6-7-12(13)15)18-14-5-3-4-9-17-14/h1,6-7,10,14H,3-5,8-9H2. The predicted octanol–water partition coefficient (Wildman–Crippen LogP) is 3.37. The molecule has 0 amide bonds. The van der Waals surface area contributed by atoms with Crippen molar-refractivity contribution < 1.29 is 14.2 Å². The van der Waals surface area contributed by atoms with Gasteiger partial charge in [0.25, 0.3) is 0 Å². The number of rotatable bonds is 4. The highest BCUT2D eigenvalue weighted by Gasteiger charge is 2.15. The van der Waals surface area contributed by atoms with Crippen molar-refractivity contribution in [1.82, 2.24) is 0 Å². The maximum atomic E-state index is 5.76. The van der Waals surface area contributed by atoms with Crippen LogP contribution < -0.4 is 9.47 Å². The summed E-state index contributed by atoms with van der Waals surface area (Å²) in [5, 5.41) is 0. The number of hydrogen-bond donors (Lipinski definition) is 0. The van der Waals surface area contributed by atoms with Crippen LogP contribution in [0, 0.1) is 12.3 Å². The molecule has 18 heavy (non-hydrogen) atoms. The molecule has 0 bridgehead atoms. The first-order valence-corrected chi connectivity index (χ1v) is 6.73. The van der Waals surface area contributed by atoms with Gasteiger partial charge >= 0.3 is 0 Å². The molecule has 0 aliphatic carbocycles. The van der Waals surface area contributed by atoms with Crippen molar-refractivity contribution in [3.05, 3.63) is 22.7 Å². The molecular weight excluding hydrogens is 296 g/mol. The van der Waals surface area contributed by atoms with Crippen LogP contribution in [0.15, 0.2) is 22.7 Å². The molecule has 1 fully saturated rings. The molecule has 2 rings (SSSR count). The molecule has 1 atom stereocenters. The minimum atomic E-state index is -0.152. The molecule has 0 saturated carbocycles. The summed E-state index contributed by atoms with van der Waals surface area (Å²) in [5.41, 5.74) is 0. The minimum Gasteiger partial charge on any atom is -0.480 e. The molecule has 1 aromatic rings. The lowest BCUT2D eigenvalue weighted by molar-refractivity contribution is -0.105. The number of ether oxygens (including phenoxy) is 3. The maximum absolute atomic E-state index is 5.76. The van der Waals surface area contributed by atoms with Gasteiger partial charge in [-0.3, -0.25) is 0 Å². The van der Waals surface area contributed by atoms with Crippen LogP contribution in [0.2, 0.25) is 0 Å². The zero-order valence-electron chi connectivity index (χ0n) is 10.0. The monoisotopic (exact) mass is 310 g/mol. The van der Waals surface area contributed by atoms with E-state index in [0.717, 1.165) is 36.1 Å². The third-order valence-electron chi connectivity index (χ3n) is 2.62. The van der Waals surface area contributed by atoms with Gasteiger partial charge in [-0.25, -0.2) is 0 Å². The molecule has 1 unspecified atom stereocenters. The van der Waals surface area contributed by atoms with E-state index in [-0.39, 0.29) is 12.9 Å². The fraction of sp³-hybridized carbons (Fsp3) is 0.429. The number of terminal acetylenes is 1. The van der Waals surface area contributed by atoms with Crippen molar-refractivity contribution in [2.75, 3.05) is 13.2 Å². The van der Waals surface area contributed by atoms with Gasteiger partial charge in [0.1, 0.15) is 18.1 Å². The molecule has 4 heteroatoms. The predicted molar refractivity (Wildman–Crippen MR) is 72.7 cm³/mol. The first-order valence-electron chi connectivity index (χ1n) is 5.93. The van der Waals surface area contributed by atoms with Crippen molar-refractivity contribution in [2.45, 2.75) is 25.6 Å². The summed E-state index contributed by atoms with van der Waals surface area (Å²) < 4.78 is 17.6. The average molecular weight is 311 g/mol. The van der Waals surface area contributed by atoms with Gasteiger partial charge < -0.3 is 14.2 Å². The Morgan fingerprint density at radius 1 is 1.44 bits per heavy atom. The lowest BCUT2D eigenvalue weighted by Crippen LogP contribution is -2.24. The fourth-order valence-electron chi connectivity index (χ4n) is 1.74. The van der Waals surface area contributed by atoms with Gasteiger partial charge in [-0.1, -0.05) is 5.92 Å². The lowest BCUT2D eigenvalue weighted by Gasteiger charge is -2.23. The Kier molecular flexibility index (Phi) is 4.91. The van der Waals surface area contributed by atoms with Crippen LogP contribution >= 0.6 is 15.9 Å². The van der Waals surface area contributed by atoms with E-state index in [0.29, 0.717) is 5.75 Å². The van der Waals surface area contributed by atoms with Crippen LogP contribution in [0.4, 0.5) is 0 Å². The Hall–Kier alpha value is -1.18. The quantitative estimate of drug-likeness (QED) is 0.798. The second kappa shape index (κ2) is 6.67. The number of hydrogen-bond acceptors (Lipinski definition) is 3. The van der Waals surface area contributed by atoms with E-state index in [4.69, 9.17) is 20.6 Å². The van der Waals surface area contributed by atoms with Crippen molar-refractivity contribution in [2.24, 2.45) is 0 Å². The van der Waals surface area contributed by atoms with Crippen LogP contribution in [0.25, 0.3) is 0 Å². The van der Waals surface area contributed by atoms with E-state index < -0.39 is 0 Å². The topological polar surface area (TPSA) is 27.7 Å². The van der Waals surface area contributed by atoms with E-state index in [9.17, 15) is 0 Å². The first-order chi connectivity index (χ1) is 8.79. The molecule has 0 radical (unpaired) electrons. The SMILES string of the molecule is C#CCOc1cc(OC2CCCCO2)ccc1Br. The van der Waals surface area contributed by atoms with E-state index in [1.54, 1.807) is 0 Å². The Morgan fingerprint density at radius 2 is 2.33 bits per heavy atom. The highest BCUT2D eigenvalue weighted by Crippen LogP contribution is 2.30. The minimum absolute atomic E-state index is 0.152. The van der Waals surface area contributed by atoms with Crippen LogP contribution in [0.3, 0.4) is 0 Å². The van der Waals surface area contributed by atoms with Gasteiger partial charge in [0, 0.05) is 12.5 Å². The molecule has 1 heterocycles. The average Bonchev–Trinajstić information content (AvgIpc) is 2.40. The summed E-state index contributed by atoms with van der Waals surface area (Å²) in [7, 11) is 0. The lowest BCUT2D eigenvalue weighted by atomic mass is 10.2. The summed E-state index contributed by atoms with van der Waals surface area (Å²) in [4.78, 5) is 0. The molecule has 0 spiro atoms. The fourth-order valence-corrected chi connectivity index (χ4v) is 2.10. The molecule has 3 nitrogen and oxygen atoms in total. The number of halogens is 1. The molecule has 0 N–H and O–H groups in total. The molecular formula is C14H15BrO3. The summed E-state index contributed by atoms with van der Waals surface area (Å²) in [6, 6.07) is 5.58. The van der Waals surface area contributed by atoms with E-state index in [1.807, 2.05) is 18.2 Å². The number of benzene rings is 1. The van der Waals surface area contributed by atoms with Gasteiger partial charge in [-0.05, 0) is 40.9 Å². The molecule has 1 aliphatic rings. The van der Waals surface area contributed by atoms with Crippen LogP contribution in [-0.4, -0.2) is 19.5 Å².